The summed E-state index contributed by atoms with van der Waals surface area (Å²) in [6, 6.07) is 14.0. The summed E-state index contributed by atoms with van der Waals surface area (Å²) in [5, 5.41) is 0.508. The van der Waals surface area contributed by atoms with E-state index < -0.39 is 18.6 Å². The Morgan fingerprint density at radius 1 is 0.868 bits per heavy atom. The number of amides is 1. The molecule has 0 saturated carbocycles. The maximum Gasteiger partial charge on any atom is 0.414 e. The summed E-state index contributed by atoms with van der Waals surface area (Å²) in [6.45, 7) is 3.12. The number of benzene rings is 3. The minimum Gasteiger partial charge on any atom is -0.496 e. The van der Waals surface area contributed by atoms with Gasteiger partial charge in [-0.25, -0.2) is 4.79 Å². The molecule has 0 atom stereocenters. The number of ketones is 1. The number of halogens is 3. The van der Waals surface area contributed by atoms with Crippen LogP contribution in [0.25, 0.3) is 0 Å². The second kappa shape index (κ2) is 13.4. The monoisotopic (exact) mass is 579 g/mol. The third-order valence-corrected chi connectivity index (χ3v) is 5.89. The second-order valence-electron chi connectivity index (χ2n) is 7.63. The van der Waals surface area contributed by atoms with Gasteiger partial charge in [-0.05, 0) is 56.3 Å². The highest BCUT2D eigenvalue weighted by atomic mass is 35.5. The number of hydrogen-bond donors (Lipinski definition) is 0. The highest BCUT2D eigenvalue weighted by Gasteiger charge is 2.24. The van der Waals surface area contributed by atoms with E-state index in [2.05, 4.69) is 0 Å². The van der Waals surface area contributed by atoms with E-state index in [-0.39, 0.29) is 51.8 Å². The van der Waals surface area contributed by atoms with Gasteiger partial charge in [-0.1, -0.05) is 46.9 Å². The van der Waals surface area contributed by atoms with E-state index >= 15 is 0 Å². The lowest BCUT2D eigenvalue weighted by atomic mass is 10.0. The fourth-order valence-electron chi connectivity index (χ4n) is 3.43. The van der Waals surface area contributed by atoms with Gasteiger partial charge in [0.15, 0.2) is 11.5 Å². The van der Waals surface area contributed by atoms with E-state index in [0.29, 0.717) is 16.3 Å². The van der Waals surface area contributed by atoms with Crippen LogP contribution in [0.4, 0.5) is 10.5 Å². The van der Waals surface area contributed by atoms with Gasteiger partial charge in [0.25, 0.3) is 0 Å². The van der Waals surface area contributed by atoms with Gasteiger partial charge in [-0.15, -0.1) is 0 Å². The van der Waals surface area contributed by atoms with Crippen LogP contribution in [0.3, 0.4) is 0 Å². The van der Waals surface area contributed by atoms with E-state index in [0.717, 1.165) is 4.90 Å². The molecule has 11 heteroatoms. The number of nitrogens with zero attached hydrogens (tertiary/aromatic N) is 1. The number of carbonyl (C=O) groups is 3. The fraction of sp³-hybridized carbons (Fsp3) is 0.222. The Bertz CT molecular complexity index is 1320. The molecule has 0 spiro atoms. The number of hydrogen-bond acceptors (Lipinski definition) is 7. The summed E-state index contributed by atoms with van der Waals surface area (Å²) < 4.78 is 21.3. The Balaban J connectivity index is 1.94. The first-order valence-electron chi connectivity index (χ1n) is 11.4. The average molecular weight is 581 g/mol. The van der Waals surface area contributed by atoms with Gasteiger partial charge >= 0.3 is 12.1 Å². The van der Waals surface area contributed by atoms with Crippen molar-refractivity contribution in [3.8, 4) is 17.2 Å². The predicted molar refractivity (Wildman–Crippen MR) is 145 cm³/mol. The molecule has 3 aromatic carbocycles. The Hall–Kier alpha value is -3.46. The molecule has 0 unspecified atom stereocenters. The molecule has 0 radical (unpaired) electrons. The lowest BCUT2D eigenvalue weighted by Crippen LogP contribution is -2.37. The van der Waals surface area contributed by atoms with E-state index in [9.17, 15) is 14.4 Å². The minimum absolute atomic E-state index is 0.0455. The van der Waals surface area contributed by atoms with Crippen LogP contribution >= 0.6 is 34.8 Å². The SMILES string of the molecule is CCOC(=O)CN(C(=O)OCC)c1cc(Cl)c(Oc2ccc(OC)c(C(=O)c3cccc(Cl)c3)c2)c(Cl)c1. The van der Waals surface area contributed by atoms with Crippen LogP contribution in [0.5, 0.6) is 17.2 Å². The summed E-state index contributed by atoms with van der Waals surface area (Å²) in [5.74, 6) is -0.307. The highest BCUT2D eigenvalue weighted by Crippen LogP contribution is 2.41. The summed E-state index contributed by atoms with van der Waals surface area (Å²) in [4.78, 5) is 38.8. The van der Waals surface area contributed by atoms with Crippen molar-refractivity contribution in [3.05, 3.63) is 80.8 Å². The first-order chi connectivity index (χ1) is 18.2. The second-order valence-corrected chi connectivity index (χ2v) is 8.88. The summed E-state index contributed by atoms with van der Waals surface area (Å²) in [7, 11) is 1.45. The molecule has 3 aromatic rings. The van der Waals surface area contributed by atoms with Crippen molar-refractivity contribution < 1.29 is 33.3 Å². The first-order valence-corrected chi connectivity index (χ1v) is 12.6. The van der Waals surface area contributed by atoms with E-state index in [4.69, 9.17) is 53.8 Å². The molecule has 0 heterocycles. The summed E-state index contributed by atoms with van der Waals surface area (Å²) in [6.07, 6.45) is -0.777. The van der Waals surface area contributed by atoms with E-state index in [1.807, 2.05) is 0 Å². The molecular weight excluding hydrogens is 557 g/mol. The normalized spacial score (nSPS) is 10.5. The molecule has 1 amide bonds. The number of carbonyl (C=O) groups excluding carboxylic acids is 3. The number of methoxy groups -OCH3 is 1. The lowest BCUT2D eigenvalue weighted by molar-refractivity contribution is -0.141. The molecule has 200 valence electrons. The molecule has 8 nitrogen and oxygen atoms in total. The van der Waals surface area contributed by atoms with Gasteiger partial charge in [-0.3, -0.25) is 14.5 Å². The van der Waals surface area contributed by atoms with Gasteiger partial charge in [0.1, 0.15) is 18.0 Å². The molecule has 0 aliphatic carbocycles. The zero-order valence-corrected chi connectivity index (χ0v) is 23.0. The van der Waals surface area contributed by atoms with Crippen LogP contribution in [0, 0.1) is 0 Å². The smallest absolute Gasteiger partial charge is 0.414 e. The zero-order chi connectivity index (χ0) is 27.8. The standard InChI is InChI=1S/C27H24Cl3NO7/c1-4-36-24(32)15-31(27(34)37-5-2)18-12-21(29)26(22(30)13-18)38-19-9-10-23(35-3)20(14-19)25(33)16-7-6-8-17(28)11-16/h6-14H,4-5,15H2,1-3H3. The average Bonchev–Trinajstić information content (AvgIpc) is 2.89. The first kappa shape index (κ1) is 29.1. The van der Waals surface area contributed by atoms with Gasteiger partial charge in [0, 0.05) is 10.6 Å². The maximum absolute atomic E-state index is 13.2. The van der Waals surface area contributed by atoms with Gasteiger partial charge in [0.05, 0.1) is 41.6 Å². The summed E-state index contributed by atoms with van der Waals surface area (Å²) in [5.41, 5.74) is 0.804. The van der Waals surface area contributed by atoms with Gasteiger partial charge in [-0.2, -0.15) is 0 Å². The van der Waals surface area contributed by atoms with Gasteiger partial charge < -0.3 is 18.9 Å². The summed E-state index contributed by atoms with van der Waals surface area (Å²) >= 11 is 19.0. The minimum atomic E-state index is -0.777. The molecule has 0 N–H and O–H groups in total. The molecule has 0 aliphatic rings. The van der Waals surface area contributed by atoms with Crippen molar-refractivity contribution in [2.24, 2.45) is 0 Å². The van der Waals surface area contributed by atoms with Crippen molar-refractivity contribution in [3.63, 3.8) is 0 Å². The van der Waals surface area contributed by atoms with Crippen molar-refractivity contribution >= 4 is 58.3 Å². The van der Waals surface area contributed by atoms with Crippen LogP contribution in [0.15, 0.2) is 54.6 Å². The Labute approximate surface area is 234 Å². The molecule has 0 aromatic heterocycles. The van der Waals surface area contributed by atoms with Crippen LogP contribution in [-0.2, 0) is 14.3 Å². The van der Waals surface area contributed by atoms with Crippen LogP contribution in [-0.4, -0.2) is 44.7 Å². The molecule has 38 heavy (non-hydrogen) atoms. The largest absolute Gasteiger partial charge is 0.496 e. The maximum atomic E-state index is 13.2. The van der Waals surface area contributed by atoms with E-state index in [1.165, 1.54) is 25.3 Å². The molecule has 0 bridgehead atoms. The van der Waals surface area contributed by atoms with Crippen molar-refractivity contribution in [2.75, 3.05) is 31.8 Å². The molecule has 0 saturated heterocycles. The van der Waals surface area contributed by atoms with E-state index in [1.54, 1.807) is 50.2 Å². The van der Waals surface area contributed by atoms with Crippen molar-refractivity contribution in [1.29, 1.82) is 0 Å². The Kier molecular flexibility index (Phi) is 10.2. The van der Waals surface area contributed by atoms with Gasteiger partial charge in [0.2, 0.25) is 0 Å². The molecule has 3 rings (SSSR count). The topological polar surface area (TPSA) is 91.4 Å². The third kappa shape index (κ3) is 7.10. The van der Waals surface area contributed by atoms with Crippen LogP contribution in [0.1, 0.15) is 29.8 Å². The Morgan fingerprint density at radius 2 is 1.55 bits per heavy atom. The third-order valence-electron chi connectivity index (χ3n) is 5.10. The lowest BCUT2D eigenvalue weighted by Gasteiger charge is -2.22. The molecular formula is C27H24Cl3NO7. The number of ether oxygens (including phenoxy) is 4. The number of esters is 1. The van der Waals surface area contributed by atoms with Crippen LogP contribution < -0.4 is 14.4 Å². The number of rotatable bonds is 10. The van der Waals surface area contributed by atoms with Crippen molar-refractivity contribution in [2.45, 2.75) is 13.8 Å². The Morgan fingerprint density at radius 3 is 2.16 bits per heavy atom. The zero-order valence-electron chi connectivity index (χ0n) is 20.8. The predicted octanol–water partition coefficient (Wildman–Crippen LogP) is 7.20. The fourth-order valence-corrected chi connectivity index (χ4v) is 4.17. The van der Waals surface area contributed by atoms with Crippen LogP contribution in [0.2, 0.25) is 15.1 Å². The molecule has 0 fully saturated rings. The quantitative estimate of drug-likeness (QED) is 0.185. The van der Waals surface area contributed by atoms with Crippen molar-refractivity contribution in [1.82, 2.24) is 0 Å². The molecule has 0 aliphatic heterocycles. The number of anilines is 1. The highest BCUT2D eigenvalue weighted by molar-refractivity contribution is 6.37.